The number of hydrogen-bond donors (Lipinski definition) is 3. The predicted molar refractivity (Wildman–Crippen MR) is 92.6 cm³/mol. The second-order valence-corrected chi connectivity index (χ2v) is 6.36. The maximum absolute atomic E-state index is 13.4. The van der Waals surface area contributed by atoms with Gasteiger partial charge >= 0.3 is 12.1 Å². The van der Waals surface area contributed by atoms with Gasteiger partial charge in [0.25, 0.3) is 5.91 Å². The van der Waals surface area contributed by atoms with E-state index in [0.29, 0.717) is 28.6 Å². The van der Waals surface area contributed by atoms with Gasteiger partial charge in [0.05, 0.1) is 5.56 Å². The highest BCUT2D eigenvalue weighted by Gasteiger charge is 2.42. The largest absolute Gasteiger partial charge is 0.478 e. The average Bonchev–Trinajstić information content (AvgIpc) is 3.03. The lowest BCUT2D eigenvalue weighted by Gasteiger charge is -2.22. The zero-order valence-corrected chi connectivity index (χ0v) is 14.7. The van der Waals surface area contributed by atoms with Crippen LogP contribution < -0.4 is 5.32 Å². The maximum atomic E-state index is 13.4. The van der Waals surface area contributed by atoms with Gasteiger partial charge in [0.2, 0.25) is 0 Å². The lowest BCUT2D eigenvalue weighted by molar-refractivity contribution is -0.155. The minimum Gasteiger partial charge on any atom is -0.478 e. The number of alkyl halides is 3. The Balaban J connectivity index is 1.95. The first kappa shape index (κ1) is 20.3. The van der Waals surface area contributed by atoms with Crippen LogP contribution in [0.3, 0.4) is 0 Å². The monoisotopic (exact) mass is 412 g/mol. The third kappa shape index (κ3) is 4.05. The third-order valence-electron chi connectivity index (χ3n) is 4.32. The fraction of sp³-hybridized carbons (Fsp3) is 0.158. The lowest BCUT2D eigenvalue weighted by atomic mass is 10.1. The van der Waals surface area contributed by atoms with E-state index in [1.807, 2.05) is 0 Å². The van der Waals surface area contributed by atoms with Gasteiger partial charge in [0.15, 0.2) is 17.7 Å². The van der Waals surface area contributed by atoms with E-state index < -0.39 is 41.3 Å². The molecule has 152 valence electrons. The molecule has 1 atom stereocenters. The topological polar surface area (TPSA) is 82.2 Å². The fourth-order valence-electron chi connectivity index (χ4n) is 2.90. The van der Waals surface area contributed by atoms with Gasteiger partial charge in [0, 0.05) is 10.9 Å². The maximum Gasteiger partial charge on any atom is 0.412 e. The molecular formula is C19H13F5N2O3. The standard InChI is InChI=1S/C19H13F5N2O3/c1-8-4-14-10(5-11(8)18(28)29)7-15(25-14)17(27)26-16(19(22,23)24)9-2-3-12(20)13(21)6-9/h2-7,16,25H,1H3,(H,26,27)(H,28,29). The smallest absolute Gasteiger partial charge is 0.412 e. The SMILES string of the molecule is Cc1cc2[nH]c(C(=O)NC(c3ccc(F)c(F)c3)C(F)(F)F)cc2cc1C(=O)O. The van der Waals surface area contributed by atoms with E-state index in [4.69, 9.17) is 5.11 Å². The summed E-state index contributed by atoms with van der Waals surface area (Å²) in [6.07, 6.45) is -4.97. The minimum atomic E-state index is -4.97. The molecule has 0 fully saturated rings. The number of carbonyl (C=O) groups is 2. The number of amides is 1. The molecule has 3 aromatic rings. The summed E-state index contributed by atoms with van der Waals surface area (Å²) in [5.41, 5.74) is -0.190. The highest BCUT2D eigenvalue weighted by Crippen LogP contribution is 2.33. The number of H-pyrrole nitrogens is 1. The summed E-state index contributed by atoms with van der Waals surface area (Å²) >= 11 is 0. The van der Waals surface area contributed by atoms with Gasteiger partial charge in [-0.1, -0.05) is 6.07 Å². The molecule has 0 bridgehead atoms. The molecule has 0 aliphatic rings. The summed E-state index contributed by atoms with van der Waals surface area (Å²) in [4.78, 5) is 26.2. The van der Waals surface area contributed by atoms with Crippen LogP contribution in [0, 0.1) is 18.6 Å². The van der Waals surface area contributed by atoms with E-state index in [0.717, 1.165) is 6.07 Å². The van der Waals surface area contributed by atoms with Gasteiger partial charge < -0.3 is 15.4 Å². The minimum absolute atomic E-state index is 0.0154. The number of carbonyl (C=O) groups excluding carboxylic acids is 1. The number of aryl methyl sites for hydroxylation is 1. The Hall–Kier alpha value is -3.43. The quantitative estimate of drug-likeness (QED) is 0.553. The Morgan fingerprint density at radius 1 is 1.07 bits per heavy atom. The summed E-state index contributed by atoms with van der Waals surface area (Å²) < 4.78 is 66.6. The molecule has 3 N–H and O–H groups in total. The van der Waals surface area contributed by atoms with Gasteiger partial charge in [-0.25, -0.2) is 13.6 Å². The second-order valence-electron chi connectivity index (χ2n) is 6.36. The van der Waals surface area contributed by atoms with Crippen LogP contribution in [0.2, 0.25) is 0 Å². The van der Waals surface area contributed by atoms with E-state index in [1.54, 1.807) is 5.32 Å². The normalized spacial score (nSPS) is 12.8. The van der Waals surface area contributed by atoms with E-state index in [9.17, 15) is 31.5 Å². The van der Waals surface area contributed by atoms with Gasteiger partial charge in [-0.05, 0) is 48.4 Å². The first-order valence-corrected chi connectivity index (χ1v) is 8.16. The van der Waals surface area contributed by atoms with Crippen molar-refractivity contribution in [2.45, 2.75) is 19.1 Å². The zero-order chi connectivity index (χ0) is 21.5. The molecule has 0 aliphatic heterocycles. The van der Waals surface area contributed by atoms with Gasteiger partial charge in [-0.3, -0.25) is 4.79 Å². The van der Waals surface area contributed by atoms with Crippen LogP contribution in [0.4, 0.5) is 22.0 Å². The Bertz CT molecular complexity index is 1120. The predicted octanol–water partition coefficient (Wildman–Crippen LogP) is 4.49. The number of benzene rings is 2. The molecule has 1 aromatic heterocycles. The summed E-state index contributed by atoms with van der Waals surface area (Å²) in [6, 6.07) is 2.99. The second kappa shape index (κ2) is 7.19. The molecule has 2 aromatic carbocycles. The Morgan fingerprint density at radius 3 is 2.34 bits per heavy atom. The van der Waals surface area contributed by atoms with Crippen molar-refractivity contribution in [1.82, 2.24) is 10.3 Å². The highest BCUT2D eigenvalue weighted by atomic mass is 19.4. The Labute approximate surface area is 160 Å². The molecule has 0 aliphatic carbocycles. The molecular weight excluding hydrogens is 399 g/mol. The van der Waals surface area contributed by atoms with Crippen LogP contribution in [0.15, 0.2) is 36.4 Å². The fourth-order valence-corrected chi connectivity index (χ4v) is 2.90. The number of carboxylic acid groups (broad SMARTS) is 1. The molecule has 1 amide bonds. The van der Waals surface area contributed by atoms with Crippen molar-refractivity contribution in [2.75, 3.05) is 0 Å². The molecule has 1 unspecified atom stereocenters. The van der Waals surface area contributed by atoms with Gasteiger partial charge in [0.1, 0.15) is 5.69 Å². The Kier molecular flexibility index (Phi) is 5.04. The van der Waals surface area contributed by atoms with Crippen molar-refractivity contribution in [1.29, 1.82) is 0 Å². The van der Waals surface area contributed by atoms with Crippen molar-refractivity contribution >= 4 is 22.8 Å². The van der Waals surface area contributed by atoms with Crippen molar-refractivity contribution in [3.63, 3.8) is 0 Å². The molecule has 0 saturated heterocycles. The number of fused-ring (bicyclic) bond motifs is 1. The summed E-state index contributed by atoms with van der Waals surface area (Å²) in [7, 11) is 0. The molecule has 0 radical (unpaired) electrons. The molecule has 29 heavy (non-hydrogen) atoms. The van der Waals surface area contributed by atoms with Crippen molar-refractivity contribution < 1.29 is 36.6 Å². The van der Waals surface area contributed by atoms with E-state index in [2.05, 4.69) is 4.98 Å². The molecule has 0 spiro atoms. The van der Waals surface area contributed by atoms with Crippen LogP contribution in [0.5, 0.6) is 0 Å². The number of aromatic amines is 1. The summed E-state index contributed by atoms with van der Waals surface area (Å²) in [5.74, 6) is -5.13. The molecule has 5 nitrogen and oxygen atoms in total. The number of carboxylic acids is 1. The van der Waals surface area contributed by atoms with Gasteiger partial charge in [-0.15, -0.1) is 0 Å². The third-order valence-corrected chi connectivity index (χ3v) is 4.32. The summed E-state index contributed by atoms with van der Waals surface area (Å²) in [5, 5.41) is 11.2. The Morgan fingerprint density at radius 2 is 1.76 bits per heavy atom. The van der Waals surface area contributed by atoms with Crippen LogP contribution in [0.1, 0.15) is 38.0 Å². The number of aromatic nitrogens is 1. The first-order chi connectivity index (χ1) is 13.5. The van der Waals surface area contributed by atoms with Gasteiger partial charge in [-0.2, -0.15) is 13.2 Å². The van der Waals surface area contributed by atoms with Crippen LogP contribution in [0.25, 0.3) is 10.9 Å². The number of aromatic carboxylic acids is 1. The highest BCUT2D eigenvalue weighted by molar-refractivity contribution is 6.01. The molecule has 1 heterocycles. The molecule has 10 heteroatoms. The van der Waals surface area contributed by atoms with Crippen molar-refractivity contribution in [2.24, 2.45) is 0 Å². The lowest BCUT2D eigenvalue weighted by Crippen LogP contribution is -2.38. The summed E-state index contributed by atoms with van der Waals surface area (Å²) in [6.45, 7) is 1.53. The van der Waals surface area contributed by atoms with Crippen LogP contribution in [-0.2, 0) is 0 Å². The van der Waals surface area contributed by atoms with Crippen molar-refractivity contribution in [3.8, 4) is 0 Å². The number of halogens is 5. The van der Waals surface area contributed by atoms with Crippen LogP contribution >= 0.6 is 0 Å². The molecule has 0 saturated carbocycles. The number of nitrogens with one attached hydrogen (secondary N) is 2. The van der Waals surface area contributed by atoms with E-state index in [-0.39, 0.29) is 11.3 Å². The number of rotatable bonds is 4. The van der Waals surface area contributed by atoms with Crippen LogP contribution in [-0.4, -0.2) is 28.1 Å². The van der Waals surface area contributed by atoms with Crippen molar-refractivity contribution in [3.05, 3.63) is 70.4 Å². The average molecular weight is 412 g/mol. The molecule has 3 rings (SSSR count). The number of hydrogen-bond acceptors (Lipinski definition) is 2. The first-order valence-electron chi connectivity index (χ1n) is 8.16. The van der Waals surface area contributed by atoms with E-state index in [1.165, 1.54) is 25.1 Å². The van der Waals surface area contributed by atoms with E-state index >= 15 is 0 Å². The zero-order valence-electron chi connectivity index (χ0n) is 14.7.